The van der Waals surface area contributed by atoms with Gasteiger partial charge < -0.3 is 15.3 Å². The minimum atomic E-state index is -4.91. The standard InChI is InChI=1S/C15H17F3N2O4S/c16-15(17,18)14(13(23)24)4-6-20(9-14)11(21)2-1-5-19-12(22)10-3-7-25-8-10/h3,7-8H,1-2,4-6,9H2,(H,19,22)(H,23,24). The Bertz CT molecular complexity index is 648. The van der Waals surface area contributed by atoms with E-state index in [0.717, 1.165) is 4.90 Å². The lowest BCUT2D eigenvalue weighted by molar-refractivity contribution is -0.227. The van der Waals surface area contributed by atoms with Gasteiger partial charge in [0, 0.05) is 37.0 Å². The summed E-state index contributed by atoms with van der Waals surface area (Å²) in [4.78, 5) is 35.7. The lowest BCUT2D eigenvalue weighted by atomic mass is 9.86. The average molecular weight is 378 g/mol. The Hall–Kier alpha value is -2.10. The van der Waals surface area contributed by atoms with Crippen molar-refractivity contribution in [2.45, 2.75) is 25.4 Å². The maximum atomic E-state index is 13.1. The maximum Gasteiger partial charge on any atom is 0.406 e. The van der Waals surface area contributed by atoms with E-state index in [2.05, 4.69) is 5.32 Å². The summed E-state index contributed by atoms with van der Waals surface area (Å²) in [5.41, 5.74) is -2.39. The molecule has 0 spiro atoms. The molecule has 1 unspecified atom stereocenters. The molecule has 2 N–H and O–H groups in total. The van der Waals surface area contributed by atoms with Crippen LogP contribution in [0.2, 0.25) is 0 Å². The number of nitrogens with one attached hydrogen (secondary N) is 1. The van der Waals surface area contributed by atoms with Crippen LogP contribution in [0.1, 0.15) is 29.6 Å². The van der Waals surface area contributed by atoms with Gasteiger partial charge in [0.1, 0.15) is 0 Å². The fourth-order valence-corrected chi connectivity index (χ4v) is 3.28. The number of thiophene rings is 1. The highest BCUT2D eigenvalue weighted by Gasteiger charge is 2.64. The molecule has 0 bridgehead atoms. The second-order valence-electron chi connectivity index (χ2n) is 5.82. The molecule has 2 heterocycles. The lowest BCUT2D eigenvalue weighted by Crippen LogP contribution is -2.47. The minimum absolute atomic E-state index is 0.0581. The first-order chi connectivity index (χ1) is 11.7. The molecule has 0 saturated carbocycles. The van der Waals surface area contributed by atoms with E-state index in [1.807, 2.05) is 0 Å². The average Bonchev–Trinajstić information content (AvgIpc) is 3.19. The first kappa shape index (κ1) is 19.2. The van der Waals surface area contributed by atoms with Crippen LogP contribution in [0.15, 0.2) is 16.8 Å². The first-order valence-corrected chi connectivity index (χ1v) is 8.50. The van der Waals surface area contributed by atoms with E-state index in [0.29, 0.717) is 5.56 Å². The van der Waals surface area contributed by atoms with Crippen molar-refractivity contribution >= 4 is 29.1 Å². The number of rotatable bonds is 6. The molecular weight excluding hydrogens is 361 g/mol. The Morgan fingerprint density at radius 2 is 2.08 bits per heavy atom. The third kappa shape index (κ3) is 4.12. The number of amides is 2. The molecule has 0 aliphatic carbocycles. The third-order valence-corrected chi connectivity index (χ3v) is 4.89. The fraction of sp³-hybridized carbons (Fsp3) is 0.533. The van der Waals surface area contributed by atoms with Gasteiger partial charge in [-0.3, -0.25) is 14.4 Å². The van der Waals surface area contributed by atoms with Gasteiger partial charge in [-0.15, -0.1) is 0 Å². The zero-order valence-electron chi connectivity index (χ0n) is 13.1. The van der Waals surface area contributed by atoms with Crippen molar-refractivity contribution in [3.8, 4) is 0 Å². The van der Waals surface area contributed by atoms with Crippen molar-refractivity contribution in [3.05, 3.63) is 22.4 Å². The van der Waals surface area contributed by atoms with Crippen LogP contribution in [-0.2, 0) is 9.59 Å². The monoisotopic (exact) mass is 378 g/mol. The molecule has 2 amide bonds. The quantitative estimate of drug-likeness (QED) is 0.743. The van der Waals surface area contributed by atoms with Gasteiger partial charge in [-0.05, 0) is 24.3 Å². The van der Waals surface area contributed by atoms with Crippen LogP contribution in [0.4, 0.5) is 13.2 Å². The van der Waals surface area contributed by atoms with Crippen molar-refractivity contribution in [1.82, 2.24) is 10.2 Å². The highest BCUT2D eigenvalue weighted by atomic mass is 32.1. The highest BCUT2D eigenvalue weighted by Crippen LogP contribution is 2.45. The molecular formula is C15H17F3N2O4S. The predicted octanol–water partition coefficient (Wildman–Crippen LogP) is 2.12. The van der Waals surface area contributed by atoms with Crippen molar-refractivity contribution in [2.75, 3.05) is 19.6 Å². The van der Waals surface area contributed by atoms with E-state index in [1.165, 1.54) is 11.3 Å². The van der Waals surface area contributed by atoms with Crippen molar-refractivity contribution in [3.63, 3.8) is 0 Å². The van der Waals surface area contributed by atoms with Crippen LogP contribution in [0.5, 0.6) is 0 Å². The SMILES string of the molecule is O=C(NCCCC(=O)N1CCC(C(=O)O)(C(F)(F)F)C1)c1ccsc1. The molecule has 1 aliphatic heterocycles. The molecule has 138 valence electrons. The fourth-order valence-electron chi connectivity index (χ4n) is 2.65. The highest BCUT2D eigenvalue weighted by molar-refractivity contribution is 7.08. The number of carbonyl (C=O) groups is 3. The first-order valence-electron chi connectivity index (χ1n) is 7.56. The Morgan fingerprint density at radius 3 is 2.60 bits per heavy atom. The van der Waals surface area contributed by atoms with E-state index in [1.54, 1.807) is 16.8 Å². The largest absolute Gasteiger partial charge is 0.481 e. The molecule has 0 aromatic carbocycles. The van der Waals surface area contributed by atoms with Crippen LogP contribution in [0, 0.1) is 5.41 Å². The molecule has 2 rings (SSSR count). The van der Waals surface area contributed by atoms with Gasteiger partial charge in [0.25, 0.3) is 5.91 Å². The summed E-state index contributed by atoms with van der Waals surface area (Å²) in [6, 6.07) is 1.65. The minimum Gasteiger partial charge on any atom is -0.481 e. The number of carbonyl (C=O) groups excluding carboxylic acids is 2. The molecule has 25 heavy (non-hydrogen) atoms. The molecule has 10 heteroatoms. The van der Waals surface area contributed by atoms with Gasteiger partial charge in [0.05, 0.1) is 0 Å². The summed E-state index contributed by atoms with van der Waals surface area (Å²) in [6.45, 7) is -0.907. The van der Waals surface area contributed by atoms with Gasteiger partial charge in [-0.25, -0.2) is 0 Å². The number of hydrogen-bond donors (Lipinski definition) is 2. The second kappa shape index (κ2) is 7.42. The number of likely N-dealkylation sites (tertiary alicyclic amines) is 1. The Balaban J connectivity index is 1.80. The summed E-state index contributed by atoms with van der Waals surface area (Å²) in [5.74, 6) is -2.78. The maximum absolute atomic E-state index is 13.1. The van der Waals surface area contributed by atoms with E-state index in [9.17, 15) is 27.6 Å². The number of alkyl halides is 3. The van der Waals surface area contributed by atoms with Crippen molar-refractivity contribution in [2.24, 2.45) is 5.41 Å². The number of halogens is 3. The zero-order valence-corrected chi connectivity index (χ0v) is 14.0. The number of hydrogen-bond acceptors (Lipinski definition) is 4. The molecule has 0 radical (unpaired) electrons. The van der Waals surface area contributed by atoms with Crippen LogP contribution in [0.3, 0.4) is 0 Å². The van der Waals surface area contributed by atoms with Crippen LogP contribution in [-0.4, -0.2) is 53.6 Å². The Labute approximate surface area is 145 Å². The topological polar surface area (TPSA) is 86.7 Å². The number of carboxylic acid groups (broad SMARTS) is 1. The smallest absolute Gasteiger partial charge is 0.406 e. The normalized spacial score (nSPS) is 20.5. The summed E-state index contributed by atoms with van der Waals surface area (Å²) in [5, 5.41) is 15.0. The Kier molecular flexibility index (Phi) is 5.71. The van der Waals surface area contributed by atoms with Crippen LogP contribution in [0.25, 0.3) is 0 Å². The number of nitrogens with zero attached hydrogens (tertiary/aromatic N) is 1. The van der Waals surface area contributed by atoms with E-state index in [-0.39, 0.29) is 31.8 Å². The van der Waals surface area contributed by atoms with E-state index < -0.39 is 36.4 Å². The van der Waals surface area contributed by atoms with Crippen LogP contribution >= 0.6 is 11.3 Å². The van der Waals surface area contributed by atoms with Crippen molar-refractivity contribution < 1.29 is 32.7 Å². The van der Waals surface area contributed by atoms with Gasteiger partial charge in [0.15, 0.2) is 5.41 Å². The molecule has 1 fully saturated rings. The molecule has 1 saturated heterocycles. The molecule has 6 nitrogen and oxygen atoms in total. The lowest BCUT2D eigenvalue weighted by Gasteiger charge is -2.27. The second-order valence-corrected chi connectivity index (χ2v) is 6.60. The predicted molar refractivity (Wildman–Crippen MR) is 83.2 cm³/mol. The van der Waals surface area contributed by atoms with Gasteiger partial charge in [-0.2, -0.15) is 24.5 Å². The summed E-state index contributed by atoms with van der Waals surface area (Å²) in [6.07, 6.45) is -5.36. The molecule has 1 aliphatic rings. The summed E-state index contributed by atoms with van der Waals surface area (Å²) < 4.78 is 39.2. The molecule has 1 atom stereocenters. The zero-order chi connectivity index (χ0) is 18.7. The molecule has 1 aromatic rings. The third-order valence-electron chi connectivity index (χ3n) is 4.21. The Morgan fingerprint density at radius 1 is 1.36 bits per heavy atom. The van der Waals surface area contributed by atoms with Crippen LogP contribution < -0.4 is 5.32 Å². The van der Waals surface area contributed by atoms with Gasteiger partial charge in [0.2, 0.25) is 5.91 Å². The summed E-state index contributed by atoms with van der Waals surface area (Å²) >= 11 is 1.37. The van der Waals surface area contributed by atoms with Gasteiger partial charge >= 0.3 is 12.1 Å². The van der Waals surface area contributed by atoms with E-state index >= 15 is 0 Å². The number of aliphatic carboxylic acids is 1. The van der Waals surface area contributed by atoms with E-state index in [4.69, 9.17) is 5.11 Å². The molecule has 1 aromatic heterocycles. The number of carboxylic acids is 1. The summed E-state index contributed by atoms with van der Waals surface area (Å²) in [7, 11) is 0. The van der Waals surface area contributed by atoms with Crippen molar-refractivity contribution in [1.29, 1.82) is 0 Å². The van der Waals surface area contributed by atoms with Gasteiger partial charge in [-0.1, -0.05) is 0 Å².